The zero-order chi connectivity index (χ0) is 33.2. The van der Waals surface area contributed by atoms with Gasteiger partial charge in [-0.25, -0.2) is 9.68 Å². The molecule has 270 valence electrons. The van der Waals surface area contributed by atoms with Crippen LogP contribution >= 0.6 is 0 Å². The number of piperidine rings is 1. The van der Waals surface area contributed by atoms with Crippen LogP contribution in [-0.2, 0) is 16.0 Å². The summed E-state index contributed by atoms with van der Waals surface area (Å²) in [5.41, 5.74) is 4.93. The van der Waals surface area contributed by atoms with Crippen molar-refractivity contribution < 1.29 is 21.1 Å². The quantitative estimate of drug-likeness (QED) is 0.205. The number of hydrogen-bond acceptors (Lipinski definition) is 10. The van der Waals surface area contributed by atoms with Crippen LogP contribution in [0.15, 0.2) is 52.7 Å². The zero-order valence-corrected chi connectivity index (χ0v) is 28.9. The number of amidine groups is 1. The first-order valence-corrected chi connectivity index (χ1v) is 17.4. The normalized spacial score (nSPS) is 24.6. The maximum Gasteiger partial charge on any atom is 0.322 e. The molecule has 0 bridgehead atoms. The number of hydrogen-bond donors (Lipinski definition) is 3. The first-order chi connectivity index (χ1) is 22.9. The van der Waals surface area contributed by atoms with Crippen LogP contribution in [0.5, 0.6) is 0 Å². The Kier molecular flexibility index (Phi) is 14.9. The highest BCUT2D eigenvalue weighted by Crippen LogP contribution is 2.25. The lowest BCUT2D eigenvalue weighted by Gasteiger charge is -2.43. The number of nitrogens with one attached hydrogen (secondary N) is 2. The number of allylic oxidation sites excluding steroid dienone is 2. The Bertz CT molecular complexity index is 1270. The van der Waals surface area contributed by atoms with Gasteiger partial charge in [-0.3, -0.25) is 24.9 Å². The summed E-state index contributed by atoms with van der Waals surface area (Å²) in [5, 5.41) is 14.5. The summed E-state index contributed by atoms with van der Waals surface area (Å²) in [6.07, 6.45) is 9.88. The van der Waals surface area contributed by atoms with Crippen LogP contribution in [0.25, 0.3) is 0 Å². The molecule has 7 rings (SSSR count). The van der Waals surface area contributed by atoms with Gasteiger partial charge in [0.15, 0.2) is 0 Å². The van der Waals surface area contributed by atoms with E-state index in [4.69, 9.17) is 9.99 Å². The van der Waals surface area contributed by atoms with E-state index in [1.807, 2.05) is 23.1 Å². The second-order valence-corrected chi connectivity index (χ2v) is 13.4. The fourth-order valence-corrected chi connectivity index (χ4v) is 7.05. The van der Waals surface area contributed by atoms with Crippen molar-refractivity contribution in [3.05, 3.63) is 53.3 Å². The van der Waals surface area contributed by atoms with Crippen LogP contribution in [0.2, 0.25) is 0 Å². The summed E-state index contributed by atoms with van der Waals surface area (Å²) in [7, 11) is 2.14. The lowest BCUT2D eigenvalue weighted by atomic mass is 10.0. The third-order valence-corrected chi connectivity index (χ3v) is 9.79. The van der Waals surface area contributed by atoms with E-state index in [0.717, 1.165) is 84.0 Å². The van der Waals surface area contributed by atoms with Crippen molar-refractivity contribution in [1.29, 1.82) is 0 Å². The summed E-state index contributed by atoms with van der Waals surface area (Å²) in [4.78, 5) is 32.2. The smallest absolute Gasteiger partial charge is 0.322 e. The number of nitrogens with zero attached hydrogens (tertiary/aromatic N) is 6. The predicted octanol–water partition coefficient (Wildman–Crippen LogP) is 4.74. The maximum atomic E-state index is 12.3. The van der Waals surface area contributed by atoms with Crippen molar-refractivity contribution in [3.63, 3.8) is 0 Å². The highest BCUT2D eigenvalue weighted by molar-refractivity contribution is 6.01. The van der Waals surface area contributed by atoms with Gasteiger partial charge in [-0.2, -0.15) is 0 Å². The fraction of sp³-hybridized carbons (Fsp3) is 0.667. The summed E-state index contributed by atoms with van der Waals surface area (Å²) in [5.74, 6) is 1.17. The lowest BCUT2D eigenvalue weighted by Crippen LogP contribution is -2.57. The van der Waals surface area contributed by atoms with Gasteiger partial charge in [-0.1, -0.05) is 38.6 Å². The standard InChI is InChI=1S/C14H19N3O.C11H16N2.C10H21N3O3.CH4.H2/c18-14-16-13-4-2-1-3-11(13)7-10-17(14)12-5-8-15-9-6-12;1-4-10-5-8(2)11-12-6-9(3)13(11)7-10;1-11-7-13(8-11)10-2-3-12(6-10)9-15-4-5-16-14;;/h1-4,12,15H,5-10H2,(H,16,18);5,7,9H,4,6H2,1-3H3;10,14H,2-9H2,1H3;1H4;1H. The van der Waals surface area contributed by atoms with E-state index in [0.29, 0.717) is 31.5 Å². The molecule has 1 aromatic carbocycles. The van der Waals surface area contributed by atoms with Crippen LogP contribution in [0.3, 0.4) is 0 Å². The van der Waals surface area contributed by atoms with E-state index in [1.165, 1.54) is 29.0 Å². The zero-order valence-electron chi connectivity index (χ0n) is 28.9. The minimum absolute atomic E-state index is 0. The molecule has 2 unspecified atom stereocenters. The van der Waals surface area contributed by atoms with Crippen LogP contribution in [0.4, 0.5) is 10.5 Å². The molecule has 2 atom stereocenters. The minimum atomic E-state index is 0. The molecule has 3 fully saturated rings. The molecule has 6 heterocycles. The van der Waals surface area contributed by atoms with Gasteiger partial charge in [0.2, 0.25) is 0 Å². The van der Waals surface area contributed by atoms with Crippen molar-refractivity contribution in [2.75, 3.05) is 84.9 Å². The van der Waals surface area contributed by atoms with Gasteiger partial charge in [-0.15, -0.1) is 0 Å². The van der Waals surface area contributed by atoms with Crippen molar-refractivity contribution in [2.24, 2.45) is 4.99 Å². The number of fused-ring (bicyclic) bond motifs is 2. The Morgan fingerprint density at radius 2 is 1.85 bits per heavy atom. The van der Waals surface area contributed by atoms with Gasteiger partial charge in [0.25, 0.3) is 0 Å². The van der Waals surface area contributed by atoms with Gasteiger partial charge in [-0.05, 0) is 88.9 Å². The molecular formula is C36H62N8O4. The summed E-state index contributed by atoms with van der Waals surface area (Å²) in [6, 6.07) is 9.77. The van der Waals surface area contributed by atoms with Crippen molar-refractivity contribution in [3.8, 4) is 0 Å². The number of anilines is 1. The number of benzene rings is 1. The molecule has 48 heavy (non-hydrogen) atoms. The van der Waals surface area contributed by atoms with Crippen molar-refractivity contribution >= 4 is 17.6 Å². The lowest BCUT2D eigenvalue weighted by molar-refractivity contribution is -0.250. The predicted molar refractivity (Wildman–Crippen MR) is 195 cm³/mol. The number of rotatable bonds is 8. The van der Waals surface area contributed by atoms with Crippen LogP contribution < -0.4 is 10.6 Å². The highest BCUT2D eigenvalue weighted by Gasteiger charge is 2.33. The Balaban J connectivity index is 0.000000198. The van der Waals surface area contributed by atoms with Crippen LogP contribution in [0.1, 0.15) is 60.9 Å². The fourth-order valence-electron chi connectivity index (χ4n) is 7.05. The summed E-state index contributed by atoms with van der Waals surface area (Å²) < 4.78 is 5.37. The molecular weight excluding hydrogens is 608 g/mol. The van der Waals surface area contributed by atoms with Gasteiger partial charge >= 0.3 is 6.03 Å². The second-order valence-electron chi connectivity index (χ2n) is 13.4. The largest absolute Gasteiger partial charge is 0.364 e. The molecule has 0 spiro atoms. The summed E-state index contributed by atoms with van der Waals surface area (Å²) in [6.45, 7) is 16.1. The average Bonchev–Trinajstić information content (AvgIpc) is 3.65. The van der Waals surface area contributed by atoms with E-state index >= 15 is 0 Å². The monoisotopic (exact) mass is 670 g/mol. The van der Waals surface area contributed by atoms with Crippen LogP contribution in [-0.4, -0.2) is 139 Å². The third-order valence-electron chi connectivity index (χ3n) is 9.79. The van der Waals surface area contributed by atoms with E-state index < -0.39 is 0 Å². The van der Waals surface area contributed by atoms with Gasteiger partial charge in [0, 0.05) is 45.0 Å². The SMILES string of the molecule is C.CCC1=CN2C(=NCC2C)C(C)=C1.CN1CN(C2CCN(COCCOO)C2)C1.O=C1Nc2ccccc2CCN1C1CCNCC1.[HH]. The van der Waals surface area contributed by atoms with Crippen LogP contribution in [0, 0.1) is 0 Å². The number of aliphatic imine (C=N–C) groups is 1. The number of likely N-dealkylation sites (tertiary alicyclic amines) is 1. The van der Waals surface area contributed by atoms with E-state index in [1.54, 1.807) is 0 Å². The molecule has 3 saturated heterocycles. The number of urea groups is 1. The van der Waals surface area contributed by atoms with Gasteiger partial charge in [0.1, 0.15) is 12.4 Å². The van der Waals surface area contributed by atoms with Gasteiger partial charge < -0.3 is 25.2 Å². The molecule has 0 aliphatic carbocycles. The molecule has 0 saturated carbocycles. The maximum absolute atomic E-state index is 12.3. The Labute approximate surface area is 289 Å². The minimum Gasteiger partial charge on any atom is -0.364 e. The topological polar surface area (TPSA) is 108 Å². The number of amides is 2. The van der Waals surface area contributed by atoms with Crippen molar-refractivity contribution in [1.82, 2.24) is 29.8 Å². The average molecular weight is 671 g/mol. The molecule has 12 heteroatoms. The first-order valence-electron chi connectivity index (χ1n) is 17.4. The number of para-hydroxylation sites is 1. The molecule has 3 N–H and O–H groups in total. The van der Waals surface area contributed by atoms with Gasteiger partial charge in [0.05, 0.1) is 39.3 Å². The van der Waals surface area contributed by atoms with Crippen molar-refractivity contribution in [2.45, 2.75) is 78.4 Å². The number of ether oxygens (including phenoxy) is 1. The molecule has 0 aromatic heterocycles. The summed E-state index contributed by atoms with van der Waals surface area (Å²) >= 11 is 0. The van der Waals surface area contributed by atoms with E-state index in [-0.39, 0.29) is 21.5 Å². The Morgan fingerprint density at radius 3 is 2.58 bits per heavy atom. The molecule has 12 nitrogen and oxygen atoms in total. The highest BCUT2D eigenvalue weighted by atomic mass is 17.1. The Morgan fingerprint density at radius 1 is 1.08 bits per heavy atom. The number of carbonyl (C=O) groups excluding carboxylic acids is 1. The second kappa shape index (κ2) is 18.8. The molecule has 6 aliphatic rings. The molecule has 1 aromatic rings. The number of carbonyl (C=O) groups is 1. The Hall–Kier alpha value is -2.84. The molecule has 2 amide bonds. The molecule has 0 radical (unpaired) electrons. The third kappa shape index (κ3) is 10.1. The molecule has 6 aliphatic heterocycles. The first kappa shape index (κ1) is 38.0. The van der Waals surface area contributed by atoms with E-state index in [2.05, 4.69) is 86.3 Å². The van der Waals surface area contributed by atoms with E-state index in [9.17, 15) is 4.79 Å².